The number of amides is 1. The van der Waals surface area contributed by atoms with Crippen molar-refractivity contribution in [3.05, 3.63) is 17.5 Å². The predicted molar refractivity (Wildman–Crippen MR) is 101 cm³/mol. The van der Waals surface area contributed by atoms with Gasteiger partial charge >= 0.3 is 0 Å². The van der Waals surface area contributed by atoms with Gasteiger partial charge in [0.15, 0.2) is 0 Å². The summed E-state index contributed by atoms with van der Waals surface area (Å²) in [5.74, 6) is 1.70. The molecule has 0 aliphatic carbocycles. The number of rotatable bonds is 3. The number of piperidine rings is 1. The van der Waals surface area contributed by atoms with E-state index in [4.69, 9.17) is 9.97 Å². The van der Waals surface area contributed by atoms with E-state index in [1.807, 2.05) is 11.0 Å². The highest BCUT2D eigenvalue weighted by atomic mass is 16.2. The highest BCUT2D eigenvalue weighted by Gasteiger charge is 2.25. The number of likely N-dealkylation sites (tertiary alicyclic amines) is 1. The van der Waals surface area contributed by atoms with E-state index < -0.39 is 0 Å². The fourth-order valence-electron chi connectivity index (χ4n) is 3.81. The minimum Gasteiger partial charge on any atom is -0.341 e. The first-order valence-corrected chi connectivity index (χ1v) is 9.98. The Balaban J connectivity index is 1.88. The largest absolute Gasteiger partial charge is 0.341 e. The molecule has 3 rings (SSSR count). The van der Waals surface area contributed by atoms with Gasteiger partial charge in [-0.15, -0.1) is 0 Å². The number of aromatic nitrogens is 2. The molecule has 1 aromatic heterocycles. The Kier molecular flexibility index (Phi) is 5.92. The first-order valence-electron chi connectivity index (χ1n) is 9.98. The van der Waals surface area contributed by atoms with E-state index in [-0.39, 0.29) is 5.91 Å². The Bertz CT molecular complexity index is 593. The van der Waals surface area contributed by atoms with Crippen LogP contribution in [0.15, 0.2) is 6.07 Å². The quantitative estimate of drug-likeness (QED) is 0.835. The van der Waals surface area contributed by atoms with Crippen molar-refractivity contribution in [1.29, 1.82) is 0 Å². The smallest absolute Gasteiger partial charge is 0.272 e. The summed E-state index contributed by atoms with van der Waals surface area (Å²) in [6, 6.07) is 1.91. The van der Waals surface area contributed by atoms with Crippen molar-refractivity contribution in [2.24, 2.45) is 5.92 Å². The van der Waals surface area contributed by atoms with Crippen LogP contribution >= 0.6 is 0 Å². The Hall–Kier alpha value is -1.65. The molecule has 25 heavy (non-hydrogen) atoms. The van der Waals surface area contributed by atoms with Gasteiger partial charge in [0.2, 0.25) is 5.95 Å². The third-order valence-corrected chi connectivity index (χ3v) is 5.38. The van der Waals surface area contributed by atoms with Crippen LogP contribution in [-0.4, -0.2) is 47.0 Å². The number of hydrogen-bond donors (Lipinski definition) is 0. The number of carbonyl (C=O) groups excluding carboxylic acids is 1. The van der Waals surface area contributed by atoms with E-state index in [0.717, 1.165) is 44.2 Å². The average Bonchev–Trinajstić information content (AvgIpc) is 2.90. The Morgan fingerprint density at radius 3 is 2.44 bits per heavy atom. The lowest BCUT2D eigenvalue weighted by atomic mass is 10.00. The summed E-state index contributed by atoms with van der Waals surface area (Å²) in [6.45, 7) is 10.2. The molecule has 1 amide bonds. The maximum absolute atomic E-state index is 13.0. The molecule has 2 aliphatic heterocycles. The van der Waals surface area contributed by atoms with Crippen LogP contribution in [0.5, 0.6) is 0 Å². The lowest BCUT2D eigenvalue weighted by Crippen LogP contribution is -2.39. The van der Waals surface area contributed by atoms with E-state index in [1.54, 1.807) is 0 Å². The molecule has 0 aromatic carbocycles. The summed E-state index contributed by atoms with van der Waals surface area (Å²) < 4.78 is 0. The predicted octanol–water partition coefficient (Wildman–Crippen LogP) is 3.85. The number of anilines is 1. The van der Waals surface area contributed by atoms with Crippen molar-refractivity contribution in [2.45, 2.75) is 65.2 Å². The van der Waals surface area contributed by atoms with Crippen LogP contribution < -0.4 is 4.90 Å². The van der Waals surface area contributed by atoms with Gasteiger partial charge in [0, 0.05) is 31.9 Å². The molecule has 2 saturated heterocycles. The van der Waals surface area contributed by atoms with Crippen LogP contribution in [0.3, 0.4) is 0 Å². The van der Waals surface area contributed by atoms with Gasteiger partial charge in [-0.25, -0.2) is 9.97 Å². The van der Waals surface area contributed by atoms with Crippen LogP contribution in [0.25, 0.3) is 0 Å². The SMILES string of the molecule is CC1CCCN(C(=O)c2cc(C(C)C)nc(N3CCCCCC3)n2)C1. The van der Waals surface area contributed by atoms with Gasteiger partial charge in [0.05, 0.1) is 0 Å². The second-order valence-electron chi connectivity index (χ2n) is 8.03. The van der Waals surface area contributed by atoms with Crippen molar-refractivity contribution >= 4 is 11.9 Å². The van der Waals surface area contributed by atoms with Crippen LogP contribution in [-0.2, 0) is 0 Å². The third kappa shape index (κ3) is 4.50. The lowest BCUT2D eigenvalue weighted by molar-refractivity contribution is 0.0677. The Morgan fingerprint density at radius 1 is 1.08 bits per heavy atom. The molecule has 1 unspecified atom stereocenters. The zero-order chi connectivity index (χ0) is 17.8. The second kappa shape index (κ2) is 8.15. The van der Waals surface area contributed by atoms with Gasteiger partial charge in [-0.1, -0.05) is 33.6 Å². The third-order valence-electron chi connectivity index (χ3n) is 5.38. The van der Waals surface area contributed by atoms with E-state index in [1.165, 1.54) is 32.1 Å². The van der Waals surface area contributed by atoms with Crippen molar-refractivity contribution in [1.82, 2.24) is 14.9 Å². The molecule has 5 nitrogen and oxygen atoms in total. The summed E-state index contributed by atoms with van der Waals surface area (Å²) in [6.07, 6.45) is 7.22. The lowest BCUT2D eigenvalue weighted by Gasteiger charge is -2.31. The molecule has 0 N–H and O–H groups in total. The summed E-state index contributed by atoms with van der Waals surface area (Å²) in [5, 5.41) is 0. The molecule has 2 fully saturated rings. The molecule has 138 valence electrons. The first kappa shape index (κ1) is 18.2. The molecule has 0 spiro atoms. The van der Waals surface area contributed by atoms with Crippen LogP contribution in [0.1, 0.15) is 81.4 Å². The van der Waals surface area contributed by atoms with Crippen molar-refractivity contribution in [2.75, 3.05) is 31.1 Å². The minimum atomic E-state index is 0.0759. The van der Waals surface area contributed by atoms with Gasteiger partial charge in [-0.2, -0.15) is 0 Å². The van der Waals surface area contributed by atoms with E-state index in [2.05, 4.69) is 25.7 Å². The van der Waals surface area contributed by atoms with Crippen molar-refractivity contribution < 1.29 is 4.79 Å². The van der Waals surface area contributed by atoms with Gasteiger partial charge in [0.1, 0.15) is 5.69 Å². The summed E-state index contributed by atoms with van der Waals surface area (Å²) in [7, 11) is 0. The van der Waals surface area contributed by atoms with Crippen LogP contribution in [0.2, 0.25) is 0 Å². The minimum absolute atomic E-state index is 0.0759. The molecule has 2 aliphatic rings. The van der Waals surface area contributed by atoms with E-state index >= 15 is 0 Å². The topological polar surface area (TPSA) is 49.3 Å². The molecule has 0 bridgehead atoms. The van der Waals surface area contributed by atoms with Gasteiger partial charge < -0.3 is 9.80 Å². The maximum Gasteiger partial charge on any atom is 0.272 e. The molecule has 0 saturated carbocycles. The standard InChI is InChI=1S/C20H32N4O/c1-15(2)17-13-18(19(25)24-12-8-9-16(3)14-24)22-20(21-17)23-10-6-4-5-7-11-23/h13,15-16H,4-12,14H2,1-3H3. The fraction of sp³-hybridized carbons (Fsp3) is 0.750. The summed E-state index contributed by atoms with van der Waals surface area (Å²) in [4.78, 5) is 26.8. The molecule has 3 heterocycles. The monoisotopic (exact) mass is 344 g/mol. The molecular weight excluding hydrogens is 312 g/mol. The van der Waals surface area contributed by atoms with Gasteiger partial charge in [-0.3, -0.25) is 4.79 Å². The number of hydrogen-bond acceptors (Lipinski definition) is 4. The van der Waals surface area contributed by atoms with Crippen molar-refractivity contribution in [3.63, 3.8) is 0 Å². The first-order chi connectivity index (χ1) is 12.0. The maximum atomic E-state index is 13.0. The highest BCUT2D eigenvalue weighted by Crippen LogP contribution is 2.22. The zero-order valence-corrected chi connectivity index (χ0v) is 16.0. The Morgan fingerprint density at radius 2 is 1.80 bits per heavy atom. The van der Waals surface area contributed by atoms with Gasteiger partial charge in [-0.05, 0) is 43.6 Å². The van der Waals surface area contributed by atoms with Gasteiger partial charge in [0.25, 0.3) is 5.91 Å². The second-order valence-corrected chi connectivity index (χ2v) is 8.03. The van der Waals surface area contributed by atoms with Crippen molar-refractivity contribution in [3.8, 4) is 0 Å². The van der Waals surface area contributed by atoms with E-state index in [0.29, 0.717) is 17.5 Å². The summed E-state index contributed by atoms with van der Waals surface area (Å²) in [5.41, 5.74) is 1.55. The van der Waals surface area contributed by atoms with Crippen LogP contribution in [0, 0.1) is 5.92 Å². The zero-order valence-electron chi connectivity index (χ0n) is 16.0. The fourth-order valence-corrected chi connectivity index (χ4v) is 3.81. The van der Waals surface area contributed by atoms with Crippen LogP contribution in [0.4, 0.5) is 5.95 Å². The van der Waals surface area contributed by atoms with E-state index in [9.17, 15) is 4.79 Å². The number of carbonyl (C=O) groups is 1. The Labute approximate surface area is 151 Å². The highest BCUT2D eigenvalue weighted by molar-refractivity contribution is 5.92. The number of nitrogens with zero attached hydrogens (tertiary/aromatic N) is 4. The average molecular weight is 345 g/mol. The molecular formula is C20H32N4O. The molecule has 5 heteroatoms. The molecule has 1 aromatic rings. The summed E-state index contributed by atoms with van der Waals surface area (Å²) >= 11 is 0. The molecule has 0 radical (unpaired) electrons. The molecule has 1 atom stereocenters. The normalized spacial score (nSPS) is 22.2.